The highest BCUT2D eigenvalue weighted by atomic mass is 35.5. The van der Waals surface area contributed by atoms with Gasteiger partial charge in [0.25, 0.3) is 0 Å². The predicted molar refractivity (Wildman–Crippen MR) is 67.1 cm³/mol. The Morgan fingerprint density at radius 2 is 2.11 bits per heavy atom. The van der Waals surface area contributed by atoms with E-state index in [4.69, 9.17) is 21.8 Å². The van der Waals surface area contributed by atoms with Crippen LogP contribution in [0.3, 0.4) is 0 Å². The molecule has 0 aromatic heterocycles. The third kappa shape index (κ3) is 3.61. The van der Waals surface area contributed by atoms with Gasteiger partial charge in [0, 0.05) is 13.6 Å². The molecule has 0 radical (unpaired) electrons. The van der Waals surface area contributed by atoms with Crippen molar-refractivity contribution in [3.8, 4) is 0 Å². The highest BCUT2D eigenvalue weighted by molar-refractivity contribution is 6.34. The number of aliphatic hydroxyl groups is 1. The zero-order valence-electron chi connectivity index (χ0n) is 9.68. The van der Waals surface area contributed by atoms with Crippen LogP contribution in [0, 0.1) is 0 Å². The molecule has 2 amide bonds. The first kappa shape index (κ1) is 14.3. The molecule has 0 saturated heterocycles. The molecule has 18 heavy (non-hydrogen) atoms. The summed E-state index contributed by atoms with van der Waals surface area (Å²) in [6.45, 7) is 0.0479. The average molecular weight is 273 g/mol. The molecule has 0 atom stereocenters. The Bertz CT molecular complexity index is 464. The van der Waals surface area contributed by atoms with E-state index in [-0.39, 0.29) is 23.7 Å². The molecule has 6 nitrogen and oxygen atoms in total. The van der Waals surface area contributed by atoms with E-state index in [0.717, 1.165) is 0 Å². The first-order valence-electron chi connectivity index (χ1n) is 5.11. The standard InChI is InChI=1S/C11H13ClN2O4/c1-14(4-5-15)11(18)13-9-3-2-7(10(16)17)6-8(9)12/h2-3,6,15H,4-5H2,1H3,(H,13,18)(H,16,17). The topological polar surface area (TPSA) is 89.9 Å². The van der Waals surface area contributed by atoms with Crippen molar-refractivity contribution in [1.29, 1.82) is 0 Å². The van der Waals surface area contributed by atoms with E-state index in [9.17, 15) is 9.59 Å². The van der Waals surface area contributed by atoms with E-state index in [0.29, 0.717) is 5.69 Å². The Hall–Kier alpha value is -1.79. The van der Waals surface area contributed by atoms with Crippen LogP contribution in [-0.2, 0) is 0 Å². The van der Waals surface area contributed by atoms with Crippen LogP contribution in [0.5, 0.6) is 0 Å². The lowest BCUT2D eigenvalue weighted by molar-refractivity contribution is 0.0697. The summed E-state index contributed by atoms with van der Waals surface area (Å²) in [5.41, 5.74) is 0.359. The number of hydrogen-bond donors (Lipinski definition) is 3. The smallest absolute Gasteiger partial charge is 0.335 e. The molecule has 3 N–H and O–H groups in total. The lowest BCUT2D eigenvalue weighted by Gasteiger charge is -2.17. The number of carboxylic acid groups (broad SMARTS) is 1. The molecule has 0 spiro atoms. The van der Waals surface area contributed by atoms with Crippen LogP contribution in [0.15, 0.2) is 18.2 Å². The van der Waals surface area contributed by atoms with Crippen molar-refractivity contribution >= 4 is 29.3 Å². The molecule has 0 aliphatic carbocycles. The van der Waals surface area contributed by atoms with Gasteiger partial charge in [-0.15, -0.1) is 0 Å². The van der Waals surface area contributed by atoms with Crippen LogP contribution in [0.25, 0.3) is 0 Å². The van der Waals surface area contributed by atoms with Gasteiger partial charge in [-0.1, -0.05) is 11.6 Å². The summed E-state index contributed by atoms with van der Waals surface area (Å²) >= 11 is 5.85. The molecule has 1 aromatic rings. The number of carbonyl (C=O) groups excluding carboxylic acids is 1. The Morgan fingerprint density at radius 3 is 2.61 bits per heavy atom. The fraction of sp³-hybridized carbons (Fsp3) is 0.273. The summed E-state index contributed by atoms with van der Waals surface area (Å²) in [5.74, 6) is -1.09. The van der Waals surface area contributed by atoms with Gasteiger partial charge in [-0.2, -0.15) is 0 Å². The average Bonchev–Trinajstić information content (AvgIpc) is 2.31. The molecule has 0 heterocycles. The molecule has 0 unspecified atom stereocenters. The second-order valence-corrected chi connectivity index (χ2v) is 3.98. The highest BCUT2D eigenvalue weighted by Crippen LogP contribution is 2.23. The van der Waals surface area contributed by atoms with Gasteiger partial charge < -0.3 is 20.4 Å². The minimum absolute atomic E-state index is 0.0433. The lowest BCUT2D eigenvalue weighted by Crippen LogP contribution is -2.33. The molecule has 0 bridgehead atoms. The SMILES string of the molecule is CN(CCO)C(=O)Nc1ccc(C(=O)O)cc1Cl. The van der Waals surface area contributed by atoms with Crippen LogP contribution in [0.4, 0.5) is 10.5 Å². The molecule has 0 aliphatic heterocycles. The van der Waals surface area contributed by atoms with Gasteiger partial charge in [-0.25, -0.2) is 9.59 Å². The summed E-state index contributed by atoms with van der Waals surface area (Å²) in [6, 6.07) is 3.58. The van der Waals surface area contributed by atoms with E-state index in [2.05, 4.69) is 5.32 Å². The summed E-state index contributed by atoms with van der Waals surface area (Å²) < 4.78 is 0. The molecule has 7 heteroatoms. The normalized spacial score (nSPS) is 9.94. The number of aliphatic hydroxyl groups excluding tert-OH is 1. The first-order chi connectivity index (χ1) is 8.45. The third-order valence-electron chi connectivity index (χ3n) is 2.24. The van der Waals surface area contributed by atoms with Gasteiger partial charge in [-0.3, -0.25) is 0 Å². The van der Waals surface area contributed by atoms with Crippen LogP contribution < -0.4 is 5.32 Å². The number of nitrogens with zero attached hydrogens (tertiary/aromatic N) is 1. The number of halogens is 1. The largest absolute Gasteiger partial charge is 0.478 e. The molecular weight excluding hydrogens is 260 g/mol. The van der Waals surface area contributed by atoms with E-state index in [1.807, 2.05) is 0 Å². The van der Waals surface area contributed by atoms with Crippen molar-refractivity contribution in [2.75, 3.05) is 25.5 Å². The number of hydrogen-bond acceptors (Lipinski definition) is 3. The number of carboxylic acids is 1. The van der Waals surface area contributed by atoms with Gasteiger partial charge >= 0.3 is 12.0 Å². The van der Waals surface area contributed by atoms with Crippen molar-refractivity contribution in [2.24, 2.45) is 0 Å². The maximum atomic E-state index is 11.6. The Kier molecular flexibility index (Phi) is 4.94. The Morgan fingerprint density at radius 1 is 1.44 bits per heavy atom. The number of anilines is 1. The van der Waals surface area contributed by atoms with Crippen LogP contribution in [0.1, 0.15) is 10.4 Å². The van der Waals surface area contributed by atoms with Crippen LogP contribution in [-0.4, -0.2) is 47.3 Å². The van der Waals surface area contributed by atoms with Crippen molar-refractivity contribution < 1.29 is 19.8 Å². The number of nitrogens with one attached hydrogen (secondary N) is 1. The minimum Gasteiger partial charge on any atom is -0.478 e. The summed E-state index contributed by atoms with van der Waals surface area (Å²) in [4.78, 5) is 23.6. The van der Waals surface area contributed by atoms with Crippen molar-refractivity contribution in [3.05, 3.63) is 28.8 Å². The van der Waals surface area contributed by atoms with Crippen molar-refractivity contribution in [3.63, 3.8) is 0 Å². The Balaban J connectivity index is 2.79. The maximum absolute atomic E-state index is 11.6. The molecule has 1 rings (SSSR count). The number of benzene rings is 1. The summed E-state index contributed by atoms with van der Waals surface area (Å²) in [6.07, 6.45) is 0. The fourth-order valence-electron chi connectivity index (χ4n) is 1.21. The molecule has 1 aromatic carbocycles. The summed E-state index contributed by atoms with van der Waals surface area (Å²) in [5, 5.41) is 20.1. The zero-order valence-corrected chi connectivity index (χ0v) is 10.4. The number of likely N-dealkylation sites (N-methyl/N-ethyl adjacent to an activating group) is 1. The van der Waals surface area contributed by atoms with Crippen LogP contribution in [0.2, 0.25) is 5.02 Å². The van der Waals surface area contributed by atoms with E-state index >= 15 is 0 Å². The molecule has 98 valence electrons. The second-order valence-electron chi connectivity index (χ2n) is 3.58. The van der Waals surface area contributed by atoms with E-state index in [1.165, 1.54) is 30.1 Å². The van der Waals surface area contributed by atoms with Crippen molar-refractivity contribution in [2.45, 2.75) is 0 Å². The Labute approximate surface area is 109 Å². The number of carbonyl (C=O) groups is 2. The monoisotopic (exact) mass is 272 g/mol. The van der Waals surface area contributed by atoms with Gasteiger partial charge in [0.05, 0.1) is 22.9 Å². The number of amides is 2. The molecule has 0 aliphatic rings. The molecular formula is C11H13ClN2O4. The first-order valence-corrected chi connectivity index (χ1v) is 5.49. The van der Waals surface area contributed by atoms with Gasteiger partial charge in [0.1, 0.15) is 0 Å². The quantitative estimate of drug-likeness (QED) is 0.775. The van der Waals surface area contributed by atoms with Gasteiger partial charge in [-0.05, 0) is 18.2 Å². The van der Waals surface area contributed by atoms with E-state index in [1.54, 1.807) is 0 Å². The number of urea groups is 1. The number of rotatable bonds is 4. The second kappa shape index (κ2) is 6.23. The van der Waals surface area contributed by atoms with Gasteiger partial charge in [0.15, 0.2) is 0 Å². The minimum atomic E-state index is -1.09. The molecule has 0 fully saturated rings. The summed E-state index contributed by atoms with van der Waals surface area (Å²) in [7, 11) is 1.52. The maximum Gasteiger partial charge on any atom is 0.335 e. The lowest BCUT2D eigenvalue weighted by atomic mass is 10.2. The molecule has 0 saturated carbocycles. The predicted octanol–water partition coefficient (Wildman–Crippen LogP) is 1.49. The van der Waals surface area contributed by atoms with E-state index < -0.39 is 12.0 Å². The van der Waals surface area contributed by atoms with Gasteiger partial charge in [0.2, 0.25) is 0 Å². The third-order valence-corrected chi connectivity index (χ3v) is 2.55. The van der Waals surface area contributed by atoms with Crippen molar-refractivity contribution in [1.82, 2.24) is 4.90 Å². The fourth-order valence-corrected chi connectivity index (χ4v) is 1.44. The highest BCUT2D eigenvalue weighted by Gasteiger charge is 2.12. The van der Waals surface area contributed by atoms with Crippen LogP contribution >= 0.6 is 11.6 Å². The zero-order chi connectivity index (χ0) is 13.7. The number of aromatic carboxylic acids is 1.